The van der Waals surface area contributed by atoms with Gasteiger partial charge in [0, 0.05) is 5.69 Å². The standard InChI is InChI=1S/C18H20N4O/c1-21(2)12-17-20-15-10-6-7-11-16(15)22(17)13-18(23)19-14-8-4-3-5-9-14/h3-11H,12-13H2,1-2H3,(H,19,23). The molecule has 1 N–H and O–H groups in total. The Hall–Kier alpha value is -2.66. The first kappa shape index (κ1) is 15.2. The maximum absolute atomic E-state index is 12.4. The topological polar surface area (TPSA) is 50.2 Å². The molecule has 1 heterocycles. The molecule has 118 valence electrons. The van der Waals surface area contributed by atoms with Crippen molar-refractivity contribution in [1.29, 1.82) is 0 Å². The molecule has 0 bridgehead atoms. The van der Waals surface area contributed by atoms with Crippen LogP contribution in [0.5, 0.6) is 0 Å². The van der Waals surface area contributed by atoms with E-state index < -0.39 is 0 Å². The molecule has 0 aliphatic heterocycles. The van der Waals surface area contributed by atoms with Crippen LogP contribution in [0.4, 0.5) is 5.69 Å². The molecule has 0 radical (unpaired) electrons. The van der Waals surface area contributed by atoms with E-state index in [1.165, 1.54) is 0 Å². The molecule has 0 fully saturated rings. The molecule has 0 atom stereocenters. The van der Waals surface area contributed by atoms with Crippen LogP contribution >= 0.6 is 0 Å². The van der Waals surface area contributed by atoms with Crippen LogP contribution in [-0.2, 0) is 17.9 Å². The Kier molecular flexibility index (Phi) is 4.39. The molecule has 0 saturated heterocycles. The second-order valence-electron chi connectivity index (χ2n) is 5.75. The first-order valence-electron chi connectivity index (χ1n) is 7.57. The van der Waals surface area contributed by atoms with Crippen molar-refractivity contribution in [3.8, 4) is 0 Å². The Labute approximate surface area is 135 Å². The summed E-state index contributed by atoms with van der Waals surface area (Å²) in [6.45, 7) is 0.936. The molecule has 0 unspecified atom stereocenters. The number of benzene rings is 2. The molecule has 2 aromatic carbocycles. The summed E-state index contributed by atoms with van der Waals surface area (Å²) in [6.07, 6.45) is 0. The predicted molar refractivity (Wildman–Crippen MR) is 92.2 cm³/mol. The monoisotopic (exact) mass is 308 g/mol. The molecule has 1 aromatic heterocycles. The summed E-state index contributed by atoms with van der Waals surface area (Å²) in [5, 5.41) is 2.92. The number of anilines is 1. The van der Waals surface area contributed by atoms with Crippen molar-refractivity contribution in [2.24, 2.45) is 0 Å². The highest BCUT2D eigenvalue weighted by Crippen LogP contribution is 2.17. The number of nitrogens with one attached hydrogen (secondary N) is 1. The number of carbonyl (C=O) groups excluding carboxylic acids is 1. The van der Waals surface area contributed by atoms with Gasteiger partial charge < -0.3 is 14.8 Å². The van der Waals surface area contributed by atoms with E-state index in [1.807, 2.05) is 78.2 Å². The molecular weight excluding hydrogens is 288 g/mol. The number of amides is 1. The lowest BCUT2D eigenvalue weighted by Crippen LogP contribution is -2.22. The third-order valence-corrected chi connectivity index (χ3v) is 3.55. The van der Waals surface area contributed by atoms with E-state index in [9.17, 15) is 4.79 Å². The first-order chi connectivity index (χ1) is 11.1. The second kappa shape index (κ2) is 6.62. The third kappa shape index (κ3) is 3.57. The summed E-state index contributed by atoms with van der Waals surface area (Å²) in [4.78, 5) is 19.1. The Morgan fingerprint density at radius 1 is 1.09 bits per heavy atom. The highest BCUT2D eigenvalue weighted by atomic mass is 16.1. The SMILES string of the molecule is CN(C)Cc1nc2ccccc2n1CC(=O)Nc1ccccc1. The predicted octanol–water partition coefficient (Wildman–Crippen LogP) is 2.74. The van der Waals surface area contributed by atoms with E-state index in [2.05, 4.69) is 10.3 Å². The van der Waals surface area contributed by atoms with Crippen molar-refractivity contribution in [2.75, 3.05) is 19.4 Å². The lowest BCUT2D eigenvalue weighted by Gasteiger charge is -2.13. The molecule has 5 nitrogen and oxygen atoms in total. The molecule has 0 aliphatic carbocycles. The zero-order valence-corrected chi connectivity index (χ0v) is 13.4. The minimum Gasteiger partial charge on any atom is -0.325 e. The number of hydrogen-bond donors (Lipinski definition) is 1. The van der Waals surface area contributed by atoms with Gasteiger partial charge in [0.15, 0.2) is 0 Å². The minimum atomic E-state index is -0.0561. The molecule has 0 saturated carbocycles. The average molecular weight is 308 g/mol. The smallest absolute Gasteiger partial charge is 0.244 e. The van der Waals surface area contributed by atoms with Gasteiger partial charge in [0.2, 0.25) is 5.91 Å². The van der Waals surface area contributed by atoms with Crippen LogP contribution < -0.4 is 5.32 Å². The Bertz CT molecular complexity index is 808. The van der Waals surface area contributed by atoms with Crippen LogP contribution in [0.15, 0.2) is 54.6 Å². The zero-order chi connectivity index (χ0) is 16.2. The third-order valence-electron chi connectivity index (χ3n) is 3.55. The van der Waals surface area contributed by atoms with Gasteiger partial charge in [0.25, 0.3) is 0 Å². The molecular formula is C18H20N4O. The van der Waals surface area contributed by atoms with Crippen molar-refractivity contribution < 1.29 is 4.79 Å². The second-order valence-corrected chi connectivity index (χ2v) is 5.75. The van der Waals surface area contributed by atoms with E-state index in [4.69, 9.17) is 0 Å². The van der Waals surface area contributed by atoms with Gasteiger partial charge in [-0.1, -0.05) is 30.3 Å². The summed E-state index contributed by atoms with van der Waals surface area (Å²) < 4.78 is 1.98. The van der Waals surface area contributed by atoms with Crippen LogP contribution in [-0.4, -0.2) is 34.5 Å². The van der Waals surface area contributed by atoms with Gasteiger partial charge in [0.1, 0.15) is 12.4 Å². The van der Waals surface area contributed by atoms with E-state index in [-0.39, 0.29) is 12.5 Å². The molecule has 23 heavy (non-hydrogen) atoms. The summed E-state index contributed by atoms with van der Waals surface area (Å²) in [5.74, 6) is 0.832. The van der Waals surface area contributed by atoms with E-state index in [1.54, 1.807) is 0 Å². The fraction of sp³-hybridized carbons (Fsp3) is 0.222. The average Bonchev–Trinajstić information content (AvgIpc) is 2.85. The van der Waals surface area contributed by atoms with Crippen molar-refractivity contribution in [1.82, 2.24) is 14.5 Å². The van der Waals surface area contributed by atoms with Crippen molar-refractivity contribution >= 4 is 22.6 Å². The van der Waals surface area contributed by atoms with Crippen molar-refractivity contribution in [3.63, 3.8) is 0 Å². The van der Waals surface area contributed by atoms with Gasteiger partial charge >= 0.3 is 0 Å². The maximum Gasteiger partial charge on any atom is 0.244 e. The quantitative estimate of drug-likeness (QED) is 0.788. The van der Waals surface area contributed by atoms with Gasteiger partial charge in [-0.15, -0.1) is 0 Å². The highest BCUT2D eigenvalue weighted by Gasteiger charge is 2.14. The highest BCUT2D eigenvalue weighted by molar-refractivity contribution is 5.91. The Morgan fingerprint density at radius 3 is 2.52 bits per heavy atom. The summed E-state index contributed by atoms with van der Waals surface area (Å²) in [7, 11) is 3.99. The van der Waals surface area contributed by atoms with Crippen LogP contribution in [0.2, 0.25) is 0 Å². The van der Waals surface area contributed by atoms with Crippen LogP contribution in [0.25, 0.3) is 11.0 Å². The number of imidazole rings is 1. The number of para-hydroxylation sites is 3. The van der Waals surface area contributed by atoms with Crippen molar-refractivity contribution in [3.05, 3.63) is 60.4 Å². The molecule has 0 aliphatic rings. The fourth-order valence-corrected chi connectivity index (χ4v) is 2.57. The number of fused-ring (bicyclic) bond motifs is 1. The van der Waals surface area contributed by atoms with Crippen LogP contribution in [0.1, 0.15) is 5.82 Å². The molecule has 0 spiro atoms. The fourth-order valence-electron chi connectivity index (χ4n) is 2.57. The van der Waals surface area contributed by atoms with Crippen molar-refractivity contribution in [2.45, 2.75) is 13.1 Å². The van der Waals surface area contributed by atoms with Gasteiger partial charge in [-0.25, -0.2) is 4.98 Å². The normalized spacial score (nSPS) is 11.1. The van der Waals surface area contributed by atoms with Gasteiger partial charge in [0.05, 0.1) is 17.6 Å². The molecule has 5 heteroatoms. The number of hydrogen-bond acceptors (Lipinski definition) is 3. The number of rotatable bonds is 5. The molecule has 3 aromatic rings. The number of aromatic nitrogens is 2. The number of nitrogens with zero attached hydrogens (tertiary/aromatic N) is 3. The van der Waals surface area contributed by atoms with Crippen LogP contribution in [0, 0.1) is 0 Å². The Balaban J connectivity index is 1.87. The van der Waals surface area contributed by atoms with Gasteiger partial charge in [-0.3, -0.25) is 4.79 Å². The summed E-state index contributed by atoms with van der Waals surface area (Å²) >= 11 is 0. The zero-order valence-electron chi connectivity index (χ0n) is 13.4. The largest absolute Gasteiger partial charge is 0.325 e. The summed E-state index contributed by atoms with van der Waals surface area (Å²) in [6, 6.07) is 17.4. The molecule has 1 amide bonds. The van der Waals surface area contributed by atoms with Gasteiger partial charge in [-0.05, 0) is 38.4 Å². The lowest BCUT2D eigenvalue weighted by molar-refractivity contribution is -0.116. The van der Waals surface area contributed by atoms with E-state index >= 15 is 0 Å². The number of carbonyl (C=O) groups is 1. The first-order valence-corrected chi connectivity index (χ1v) is 7.57. The van der Waals surface area contributed by atoms with Gasteiger partial charge in [-0.2, -0.15) is 0 Å². The molecule has 3 rings (SSSR count). The van der Waals surface area contributed by atoms with E-state index in [0.29, 0.717) is 6.54 Å². The lowest BCUT2D eigenvalue weighted by atomic mass is 10.3. The van der Waals surface area contributed by atoms with Crippen LogP contribution in [0.3, 0.4) is 0 Å². The van der Waals surface area contributed by atoms with E-state index in [0.717, 1.165) is 22.5 Å². The summed E-state index contributed by atoms with van der Waals surface area (Å²) in [5.41, 5.74) is 2.69. The minimum absolute atomic E-state index is 0.0561. The Morgan fingerprint density at radius 2 is 1.78 bits per heavy atom. The maximum atomic E-state index is 12.4.